The summed E-state index contributed by atoms with van der Waals surface area (Å²) in [6.07, 6.45) is 0. The first-order valence-electron chi connectivity index (χ1n) is 6.03. The number of benzene rings is 2. The van der Waals surface area contributed by atoms with Crippen molar-refractivity contribution in [2.24, 2.45) is 0 Å². The number of anilines is 1. The van der Waals surface area contributed by atoms with Gasteiger partial charge in [0.05, 0.1) is 21.5 Å². The van der Waals surface area contributed by atoms with Crippen LogP contribution in [0.3, 0.4) is 0 Å². The number of halogens is 1. The molecule has 2 N–H and O–H groups in total. The van der Waals surface area contributed by atoms with E-state index in [1.54, 1.807) is 12.1 Å². The molecule has 0 aliphatic carbocycles. The van der Waals surface area contributed by atoms with Crippen LogP contribution in [-0.4, -0.2) is 14.9 Å². The largest absolute Gasteiger partial charge is 0.382 e. The smallest absolute Gasteiger partial charge is 0.278 e. The molecule has 3 rings (SSSR count). The minimum absolute atomic E-state index is 0.0587. The van der Waals surface area contributed by atoms with Gasteiger partial charge in [-0.2, -0.15) is 0 Å². The number of aromatic nitrogens is 2. The average Bonchev–Trinajstić information content (AvgIpc) is 2.47. The topological polar surface area (TPSA) is 94.9 Å². The highest BCUT2D eigenvalue weighted by atomic mass is 19.1. The molecule has 7 heteroatoms. The maximum Gasteiger partial charge on any atom is 0.278 e. The molecule has 1 aromatic heterocycles. The first-order valence-corrected chi connectivity index (χ1v) is 6.03. The second kappa shape index (κ2) is 4.78. The summed E-state index contributed by atoms with van der Waals surface area (Å²) < 4.78 is 13.3. The summed E-state index contributed by atoms with van der Waals surface area (Å²) in [5, 5.41) is 11.1. The normalized spacial score (nSPS) is 10.7. The van der Waals surface area contributed by atoms with Crippen LogP contribution in [0.4, 0.5) is 15.9 Å². The second-order valence-electron chi connectivity index (χ2n) is 4.36. The molecular formula is C14H9FN4O2. The Morgan fingerprint density at radius 1 is 1.10 bits per heavy atom. The third-order valence-corrected chi connectivity index (χ3v) is 3.01. The predicted octanol–water partition coefficient (Wildman–Crippen LogP) is 2.93. The van der Waals surface area contributed by atoms with E-state index in [-0.39, 0.29) is 28.3 Å². The van der Waals surface area contributed by atoms with Crippen LogP contribution < -0.4 is 5.73 Å². The Morgan fingerprint density at radius 3 is 2.62 bits per heavy atom. The van der Waals surface area contributed by atoms with Crippen LogP contribution in [0.1, 0.15) is 0 Å². The van der Waals surface area contributed by atoms with Crippen LogP contribution in [0.15, 0.2) is 42.5 Å². The molecular weight excluding hydrogens is 275 g/mol. The molecule has 0 radical (unpaired) electrons. The van der Waals surface area contributed by atoms with Crippen molar-refractivity contribution in [3.05, 3.63) is 58.4 Å². The standard InChI is InChI=1S/C14H9FN4O2/c15-8-5-6-10-11(7-8)17-13(14(16)18-10)9-3-1-2-4-12(9)19(20)21/h1-7H,(H2,16,18). The first-order chi connectivity index (χ1) is 10.1. The van der Waals surface area contributed by atoms with Gasteiger partial charge in [-0.05, 0) is 18.2 Å². The van der Waals surface area contributed by atoms with Gasteiger partial charge in [-0.1, -0.05) is 12.1 Å². The molecule has 0 unspecified atom stereocenters. The highest BCUT2D eigenvalue weighted by molar-refractivity contribution is 5.85. The fourth-order valence-corrected chi connectivity index (χ4v) is 2.07. The number of nitrogens with zero attached hydrogens (tertiary/aromatic N) is 3. The van der Waals surface area contributed by atoms with Gasteiger partial charge in [-0.25, -0.2) is 14.4 Å². The van der Waals surface area contributed by atoms with Gasteiger partial charge in [-0.3, -0.25) is 10.1 Å². The van der Waals surface area contributed by atoms with Crippen LogP contribution >= 0.6 is 0 Å². The number of para-hydroxylation sites is 1. The van der Waals surface area contributed by atoms with E-state index < -0.39 is 10.7 Å². The van der Waals surface area contributed by atoms with Gasteiger partial charge in [0.2, 0.25) is 0 Å². The molecule has 0 aliphatic rings. The molecule has 6 nitrogen and oxygen atoms in total. The molecule has 0 aliphatic heterocycles. The quantitative estimate of drug-likeness (QED) is 0.576. The van der Waals surface area contributed by atoms with E-state index in [1.165, 1.54) is 30.3 Å². The van der Waals surface area contributed by atoms with Gasteiger partial charge < -0.3 is 5.73 Å². The second-order valence-corrected chi connectivity index (χ2v) is 4.36. The minimum Gasteiger partial charge on any atom is -0.382 e. The number of rotatable bonds is 2. The third-order valence-electron chi connectivity index (χ3n) is 3.01. The van der Waals surface area contributed by atoms with Crippen LogP contribution in [0.2, 0.25) is 0 Å². The number of nitrogen functional groups attached to an aromatic ring is 1. The van der Waals surface area contributed by atoms with Gasteiger partial charge in [-0.15, -0.1) is 0 Å². The molecule has 1 heterocycles. The fourth-order valence-electron chi connectivity index (χ4n) is 2.07. The predicted molar refractivity (Wildman–Crippen MR) is 76.0 cm³/mol. The van der Waals surface area contributed by atoms with E-state index in [0.717, 1.165) is 0 Å². The van der Waals surface area contributed by atoms with Gasteiger partial charge >= 0.3 is 0 Å². The zero-order chi connectivity index (χ0) is 15.0. The summed E-state index contributed by atoms with van der Waals surface area (Å²) >= 11 is 0. The molecule has 2 aromatic carbocycles. The average molecular weight is 284 g/mol. The van der Waals surface area contributed by atoms with Crippen molar-refractivity contribution in [3.8, 4) is 11.3 Å². The first kappa shape index (κ1) is 12.9. The monoisotopic (exact) mass is 284 g/mol. The lowest BCUT2D eigenvalue weighted by atomic mass is 10.1. The molecule has 0 saturated carbocycles. The summed E-state index contributed by atoms with van der Waals surface area (Å²) in [5.41, 5.74) is 6.84. The maximum atomic E-state index is 13.3. The molecule has 21 heavy (non-hydrogen) atoms. The number of fused-ring (bicyclic) bond motifs is 1. The van der Waals surface area contributed by atoms with Crippen LogP contribution in [0.25, 0.3) is 22.3 Å². The number of hydrogen-bond donors (Lipinski definition) is 1. The summed E-state index contributed by atoms with van der Waals surface area (Å²) in [6.45, 7) is 0. The fraction of sp³-hybridized carbons (Fsp3) is 0. The number of nitrogens with two attached hydrogens (primary N) is 1. The van der Waals surface area contributed by atoms with Crippen LogP contribution in [0.5, 0.6) is 0 Å². The molecule has 104 valence electrons. The maximum absolute atomic E-state index is 13.3. The zero-order valence-corrected chi connectivity index (χ0v) is 10.7. The number of nitro groups is 1. The number of nitro benzene ring substituents is 1. The van der Waals surface area contributed by atoms with Crippen molar-refractivity contribution in [2.75, 3.05) is 5.73 Å². The highest BCUT2D eigenvalue weighted by Gasteiger charge is 2.19. The molecule has 0 amide bonds. The Hall–Kier alpha value is -3.09. The molecule has 0 spiro atoms. The Labute approximate surface area is 118 Å². The summed E-state index contributed by atoms with van der Waals surface area (Å²) in [4.78, 5) is 18.9. The Morgan fingerprint density at radius 2 is 1.86 bits per heavy atom. The van der Waals surface area contributed by atoms with Crippen LogP contribution in [0, 0.1) is 15.9 Å². The Kier molecular flexibility index (Phi) is 2.94. The highest BCUT2D eigenvalue weighted by Crippen LogP contribution is 2.32. The van der Waals surface area contributed by atoms with Crippen molar-refractivity contribution in [2.45, 2.75) is 0 Å². The SMILES string of the molecule is Nc1nc2ccc(F)cc2nc1-c1ccccc1[N+](=O)[O-]. The molecule has 0 bridgehead atoms. The van der Waals surface area contributed by atoms with E-state index in [0.29, 0.717) is 5.52 Å². The zero-order valence-electron chi connectivity index (χ0n) is 10.7. The van der Waals surface area contributed by atoms with E-state index in [4.69, 9.17) is 5.73 Å². The number of hydrogen-bond acceptors (Lipinski definition) is 5. The molecule has 0 fully saturated rings. The van der Waals surface area contributed by atoms with E-state index in [2.05, 4.69) is 9.97 Å². The van der Waals surface area contributed by atoms with Crippen molar-refractivity contribution >= 4 is 22.5 Å². The Balaban J connectivity index is 2.30. The van der Waals surface area contributed by atoms with Gasteiger partial charge in [0.25, 0.3) is 5.69 Å². The molecule has 0 atom stereocenters. The van der Waals surface area contributed by atoms with Crippen molar-refractivity contribution < 1.29 is 9.31 Å². The van der Waals surface area contributed by atoms with Crippen molar-refractivity contribution in [1.29, 1.82) is 0 Å². The lowest BCUT2D eigenvalue weighted by molar-refractivity contribution is -0.384. The third kappa shape index (κ3) is 2.25. The van der Waals surface area contributed by atoms with Gasteiger partial charge in [0.15, 0.2) is 5.82 Å². The van der Waals surface area contributed by atoms with Crippen molar-refractivity contribution in [3.63, 3.8) is 0 Å². The summed E-state index contributed by atoms with van der Waals surface area (Å²) in [6, 6.07) is 9.99. The molecule has 3 aromatic rings. The molecule has 0 saturated heterocycles. The van der Waals surface area contributed by atoms with Crippen molar-refractivity contribution in [1.82, 2.24) is 9.97 Å². The lowest BCUT2D eigenvalue weighted by Crippen LogP contribution is -2.01. The Bertz CT molecular complexity index is 867. The van der Waals surface area contributed by atoms with E-state index in [1.807, 2.05) is 0 Å². The van der Waals surface area contributed by atoms with E-state index in [9.17, 15) is 14.5 Å². The lowest BCUT2D eigenvalue weighted by Gasteiger charge is -2.07. The van der Waals surface area contributed by atoms with E-state index >= 15 is 0 Å². The summed E-state index contributed by atoms with van der Waals surface area (Å²) in [7, 11) is 0. The minimum atomic E-state index is -0.522. The van der Waals surface area contributed by atoms with Gasteiger partial charge in [0.1, 0.15) is 11.5 Å². The van der Waals surface area contributed by atoms with Crippen LogP contribution in [-0.2, 0) is 0 Å². The summed E-state index contributed by atoms with van der Waals surface area (Å²) in [5.74, 6) is -0.404. The van der Waals surface area contributed by atoms with Gasteiger partial charge in [0, 0.05) is 12.1 Å².